The van der Waals surface area contributed by atoms with Gasteiger partial charge in [0.05, 0.1) is 26.4 Å². The molecule has 0 saturated carbocycles. The summed E-state index contributed by atoms with van der Waals surface area (Å²) in [5.74, 6) is -0.397. The third-order valence-electron chi connectivity index (χ3n) is 11.9. The van der Waals surface area contributed by atoms with Crippen LogP contribution in [0.25, 0.3) is 0 Å². The van der Waals surface area contributed by atoms with Crippen LogP contribution in [0, 0.1) is 0 Å². The lowest BCUT2D eigenvalue weighted by Gasteiger charge is -2.42. The Morgan fingerprint density at radius 1 is 0.493 bits per heavy atom. The van der Waals surface area contributed by atoms with E-state index in [-0.39, 0.29) is 19.6 Å². The molecular weight excluding hydrogens is 885 g/mol. The molecule has 14 nitrogen and oxygen atoms in total. The lowest BCUT2D eigenvalue weighted by Crippen LogP contribution is -2.61. The lowest BCUT2D eigenvalue weighted by molar-refractivity contribution is -0.332. The summed E-state index contributed by atoms with van der Waals surface area (Å²) in [5, 5.41) is 72.1. The van der Waals surface area contributed by atoms with Crippen LogP contribution in [0.1, 0.15) is 155 Å². The fourth-order valence-electron chi connectivity index (χ4n) is 7.68. The molecule has 2 saturated heterocycles. The van der Waals surface area contributed by atoms with Crippen molar-refractivity contribution in [2.24, 2.45) is 0 Å². The lowest BCUT2D eigenvalue weighted by atomic mass is 9.98. The maximum Gasteiger partial charge on any atom is 0.306 e. The molecule has 396 valence electrons. The Labute approximate surface area is 414 Å². The normalized spacial score (nSPS) is 26.4. The number of carbonyl (C=O) groups excluding carboxylic acids is 1. The van der Waals surface area contributed by atoms with Gasteiger partial charge >= 0.3 is 5.97 Å². The highest BCUT2D eigenvalue weighted by molar-refractivity contribution is 5.69. The molecule has 0 aromatic carbocycles. The van der Waals surface area contributed by atoms with E-state index in [1.54, 1.807) is 0 Å². The van der Waals surface area contributed by atoms with Gasteiger partial charge in [-0.3, -0.25) is 4.79 Å². The molecule has 0 bridgehead atoms. The SMILES string of the molecule is CC/C=C\C/C=C\C/C=C\C/C=C\C/C=C\C/C=C\C/C=C\CCCCOCC(COC1OC(COC2OC(CO)C(O)C(O)C2O)C(O)C(O)C1O)OC(=O)CCCCCCCCCCCCC. The summed E-state index contributed by atoms with van der Waals surface area (Å²) in [7, 11) is 0. The predicted octanol–water partition coefficient (Wildman–Crippen LogP) is 8.07. The van der Waals surface area contributed by atoms with Crippen molar-refractivity contribution in [3.63, 3.8) is 0 Å². The number of hydrogen-bond donors (Lipinski definition) is 7. The summed E-state index contributed by atoms with van der Waals surface area (Å²) in [6.45, 7) is 3.43. The maximum atomic E-state index is 13.0. The molecule has 2 fully saturated rings. The average molecular weight is 977 g/mol. The van der Waals surface area contributed by atoms with Crippen molar-refractivity contribution in [1.29, 1.82) is 0 Å². The standard InChI is InChI=1S/C55H92O14/c1-3-5-7-9-11-13-15-16-17-18-19-20-21-22-23-24-25-26-27-29-31-33-35-37-39-64-41-44(67-47(57)38-36-34-32-30-28-14-12-10-8-6-4-2)42-65-54-53(63)51(61)49(59)46(69-54)43-66-55-52(62)50(60)48(58)45(40-56)68-55/h5,7,11,13,16-17,19-20,22-23,25-26,29,31,44-46,48-56,58-63H,3-4,6,8-10,12,14-15,18,21,24,27-28,30,32-43H2,1-2H3/b7-5-,13-11-,17-16-,20-19-,23-22-,26-25-,31-29-. The van der Waals surface area contributed by atoms with E-state index in [4.69, 9.17) is 28.4 Å². The quantitative estimate of drug-likeness (QED) is 0.0176. The zero-order valence-corrected chi connectivity index (χ0v) is 42.0. The van der Waals surface area contributed by atoms with Gasteiger partial charge in [0, 0.05) is 13.0 Å². The van der Waals surface area contributed by atoms with Gasteiger partial charge in [0.15, 0.2) is 12.6 Å². The Bertz CT molecular complexity index is 1460. The smallest absolute Gasteiger partial charge is 0.306 e. The van der Waals surface area contributed by atoms with Crippen LogP contribution in [0.3, 0.4) is 0 Å². The Hall–Kier alpha value is -2.83. The molecule has 0 amide bonds. The van der Waals surface area contributed by atoms with Crippen molar-refractivity contribution in [2.45, 2.75) is 223 Å². The highest BCUT2D eigenvalue weighted by Gasteiger charge is 2.47. The van der Waals surface area contributed by atoms with Crippen LogP contribution in [0.4, 0.5) is 0 Å². The number of esters is 1. The van der Waals surface area contributed by atoms with Crippen molar-refractivity contribution < 1.29 is 69.0 Å². The Morgan fingerprint density at radius 2 is 0.942 bits per heavy atom. The van der Waals surface area contributed by atoms with Gasteiger partial charge in [0.2, 0.25) is 0 Å². The van der Waals surface area contributed by atoms with Crippen molar-refractivity contribution in [1.82, 2.24) is 0 Å². The van der Waals surface area contributed by atoms with E-state index in [9.17, 15) is 40.5 Å². The summed E-state index contributed by atoms with van der Waals surface area (Å²) in [4.78, 5) is 13.0. The summed E-state index contributed by atoms with van der Waals surface area (Å²) in [6.07, 6.45) is 36.6. The van der Waals surface area contributed by atoms with E-state index < -0.39 is 86.7 Å². The summed E-state index contributed by atoms with van der Waals surface area (Å²) >= 11 is 0. The van der Waals surface area contributed by atoms with Gasteiger partial charge in [-0.15, -0.1) is 0 Å². The van der Waals surface area contributed by atoms with Crippen LogP contribution in [0.5, 0.6) is 0 Å². The van der Waals surface area contributed by atoms with E-state index in [1.165, 1.54) is 44.9 Å². The second-order valence-corrected chi connectivity index (χ2v) is 18.0. The van der Waals surface area contributed by atoms with Crippen LogP contribution in [0.2, 0.25) is 0 Å². The van der Waals surface area contributed by atoms with Gasteiger partial charge in [0.1, 0.15) is 54.9 Å². The van der Waals surface area contributed by atoms with Crippen molar-refractivity contribution in [3.05, 3.63) is 85.1 Å². The number of aliphatic hydroxyl groups excluding tert-OH is 7. The minimum absolute atomic E-state index is 0.0279. The molecule has 0 spiro atoms. The van der Waals surface area contributed by atoms with Crippen LogP contribution < -0.4 is 0 Å². The van der Waals surface area contributed by atoms with Crippen molar-refractivity contribution in [2.75, 3.05) is 33.0 Å². The van der Waals surface area contributed by atoms with E-state index in [1.807, 2.05) is 0 Å². The second-order valence-electron chi connectivity index (χ2n) is 18.0. The molecule has 11 atom stereocenters. The zero-order valence-electron chi connectivity index (χ0n) is 42.0. The average Bonchev–Trinajstić information content (AvgIpc) is 3.35. The second kappa shape index (κ2) is 41.8. The fourth-order valence-corrected chi connectivity index (χ4v) is 7.68. The summed E-state index contributed by atoms with van der Waals surface area (Å²) in [5.41, 5.74) is 0. The number of allylic oxidation sites excluding steroid dienone is 14. The van der Waals surface area contributed by atoms with Gasteiger partial charge < -0.3 is 64.2 Å². The number of unbranched alkanes of at least 4 members (excludes halogenated alkanes) is 12. The van der Waals surface area contributed by atoms with Crippen LogP contribution in [-0.2, 0) is 33.2 Å². The van der Waals surface area contributed by atoms with Crippen molar-refractivity contribution in [3.8, 4) is 0 Å². The molecule has 69 heavy (non-hydrogen) atoms. The molecule has 2 rings (SSSR count). The van der Waals surface area contributed by atoms with Gasteiger partial charge in [-0.2, -0.15) is 0 Å². The first-order valence-electron chi connectivity index (χ1n) is 26.2. The third kappa shape index (κ3) is 29.3. The van der Waals surface area contributed by atoms with Gasteiger partial charge in [-0.25, -0.2) is 0 Å². The minimum atomic E-state index is -1.72. The van der Waals surface area contributed by atoms with Gasteiger partial charge in [-0.05, 0) is 70.6 Å². The van der Waals surface area contributed by atoms with Crippen molar-refractivity contribution >= 4 is 5.97 Å². The number of aliphatic hydroxyl groups is 7. The van der Waals surface area contributed by atoms with Crippen LogP contribution in [0.15, 0.2) is 85.1 Å². The Balaban J connectivity index is 1.76. The van der Waals surface area contributed by atoms with Gasteiger partial charge in [0.25, 0.3) is 0 Å². The number of ether oxygens (including phenoxy) is 6. The zero-order chi connectivity index (χ0) is 50.2. The monoisotopic (exact) mass is 977 g/mol. The number of rotatable bonds is 40. The summed E-state index contributed by atoms with van der Waals surface area (Å²) in [6, 6.07) is 0. The summed E-state index contributed by atoms with van der Waals surface area (Å²) < 4.78 is 34.2. The fraction of sp³-hybridized carbons (Fsp3) is 0.727. The number of carbonyl (C=O) groups is 1. The van der Waals surface area contributed by atoms with Crippen LogP contribution >= 0.6 is 0 Å². The molecule has 0 radical (unpaired) electrons. The molecular formula is C55H92O14. The highest BCUT2D eigenvalue weighted by atomic mass is 16.7. The molecule has 2 heterocycles. The van der Waals surface area contributed by atoms with E-state index >= 15 is 0 Å². The molecule has 14 heteroatoms. The number of hydrogen-bond acceptors (Lipinski definition) is 14. The van der Waals surface area contributed by atoms with E-state index in [0.717, 1.165) is 83.5 Å². The Morgan fingerprint density at radius 3 is 1.45 bits per heavy atom. The highest BCUT2D eigenvalue weighted by Crippen LogP contribution is 2.26. The first kappa shape index (κ1) is 62.3. The Kier molecular flexibility index (Phi) is 37.7. The first-order valence-corrected chi connectivity index (χ1v) is 26.2. The first-order chi connectivity index (χ1) is 33.6. The topological polar surface area (TPSA) is 214 Å². The molecule has 0 aromatic heterocycles. The van der Waals surface area contributed by atoms with E-state index in [2.05, 4.69) is 98.9 Å². The third-order valence-corrected chi connectivity index (χ3v) is 11.9. The van der Waals surface area contributed by atoms with E-state index in [0.29, 0.717) is 13.0 Å². The predicted molar refractivity (Wildman–Crippen MR) is 270 cm³/mol. The molecule has 2 aliphatic heterocycles. The molecule has 2 aliphatic rings. The molecule has 7 N–H and O–H groups in total. The maximum absolute atomic E-state index is 13.0. The molecule has 0 aromatic rings. The van der Waals surface area contributed by atoms with Gasteiger partial charge in [-0.1, -0.05) is 163 Å². The van der Waals surface area contributed by atoms with Crippen LogP contribution in [-0.4, -0.2) is 142 Å². The largest absolute Gasteiger partial charge is 0.457 e. The molecule has 11 unspecified atom stereocenters. The molecule has 0 aliphatic carbocycles. The minimum Gasteiger partial charge on any atom is -0.457 e.